The molecule has 0 saturated carbocycles. The summed E-state index contributed by atoms with van der Waals surface area (Å²) < 4.78 is 34.0. The Balaban J connectivity index is 1.62. The van der Waals surface area contributed by atoms with Crippen molar-refractivity contribution in [2.24, 2.45) is 0 Å². The highest BCUT2D eigenvalue weighted by Gasteiger charge is 2.28. The summed E-state index contributed by atoms with van der Waals surface area (Å²) in [6.07, 6.45) is 4.73. The number of nitrogens with one attached hydrogen (secondary N) is 2. The van der Waals surface area contributed by atoms with Crippen molar-refractivity contribution in [1.82, 2.24) is 15.0 Å². The van der Waals surface area contributed by atoms with E-state index in [9.17, 15) is 8.42 Å². The second-order valence-corrected chi connectivity index (χ2v) is 12.7. The predicted molar refractivity (Wildman–Crippen MR) is 149 cm³/mol. The molecule has 0 fully saturated rings. The number of nitrogens with zero attached hydrogens (tertiary/aromatic N) is 1. The normalized spacial score (nSPS) is 16.3. The Morgan fingerprint density at radius 3 is 2.72 bits per heavy atom. The van der Waals surface area contributed by atoms with Crippen molar-refractivity contribution in [3.63, 3.8) is 0 Å². The van der Waals surface area contributed by atoms with Gasteiger partial charge in [-0.2, -0.15) is 0 Å². The molecule has 2 unspecified atom stereocenters. The number of ether oxygens (including phenoxy) is 1. The van der Waals surface area contributed by atoms with Crippen LogP contribution in [0.15, 0.2) is 42.6 Å². The average Bonchev–Trinajstić information content (AvgIpc) is 3.50. The second kappa shape index (κ2) is 11.4. The summed E-state index contributed by atoms with van der Waals surface area (Å²) in [4.78, 5) is 5.88. The lowest BCUT2D eigenvalue weighted by atomic mass is 9.96. The SMILES string of the molecule is CCC(C)c1cc(-c2ncc(-c3cccc4c3CCC4NS(=O)(=O)CCNC)s2)ccc1OC(C)C. The zero-order chi connectivity index (χ0) is 25.9. The maximum absolute atomic E-state index is 12.5. The molecule has 1 aliphatic carbocycles. The minimum Gasteiger partial charge on any atom is -0.491 e. The quantitative estimate of drug-likeness (QED) is 0.324. The third-order valence-electron chi connectivity index (χ3n) is 6.75. The fourth-order valence-corrected chi connectivity index (χ4v) is 6.93. The molecule has 4 rings (SSSR count). The first-order valence-electron chi connectivity index (χ1n) is 12.8. The summed E-state index contributed by atoms with van der Waals surface area (Å²) in [5.74, 6) is 1.42. The van der Waals surface area contributed by atoms with Gasteiger partial charge >= 0.3 is 0 Å². The second-order valence-electron chi connectivity index (χ2n) is 9.76. The van der Waals surface area contributed by atoms with Gasteiger partial charge in [-0.25, -0.2) is 18.1 Å². The number of thiazole rings is 1. The fourth-order valence-electron chi connectivity index (χ4n) is 4.70. The standard InChI is InChI=1S/C28H37N3O3S2/c1-6-19(4)24-16-20(10-13-26(24)34-18(2)3)28-30-17-27(35-28)23-9-7-8-22-21(23)11-12-25(22)31-36(32,33)15-14-29-5/h7-10,13,16-19,25,29,31H,6,11-12,14-15H2,1-5H3. The molecule has 2 aromatic carbocycles. The number of aromatic nitrogens is 1. The van der Waals surface area contributed by atoms with Gasteiger partial charge in [0.25, 0.3) is 0 Å². The predicted octanol–water partition coefficient (Wildman–Crippen LogP) is 5.90. The molecule has 0 saturated heterocycles. The van der Waals surface area contributed by atoms with Gasteiger partial charge in [-0.1, -0.05) is 32.0 Å². The van der Waals surface area contributed by atoms with Crippen molar-refractivity contribution in [1.29, 1.82) is 0 Å². The molecule has 8 heteroatoms. The molecule has 2 N–H and O–H groups in total. The van der Waals surface area contributed by atoms with Crippen LogP contribution in [0.5, 0.6) is 5.75 Å². The number of benzene rings is 2. The third-order valence-corrected chi connectivity index (χ3v) is 9.21. The van der Waals surface area contributed by atoms with Gasteiger partial charge < -0.3 is 10.1 Å². The molecule has 0 radical (unpaired) electrons. The summed E-state index contributed by atoms with van der Waals surface area (Å²) in [6, 6.07) is 12.4. The highest BCUT2D eigenvalue weighted by atomic mass is 32.2. The third kappa shape index (κ3) is 5.99. The Hall–Kier alpha value is -2.26. The zero-order valence-corrected chi connectivity index (χ0v) is 23.4. The van der Waals surface area contributed by atoms with Crippen molar-refractivity contribution in [2.45, 2.75) is 65.0 Å². The molecule has 1 aromatic heterocycles. The summed E-state index contributed by atoms with van der Waals surface area (Å²) in [7, 11) is -1.58. The first-order chi connectivity index (χ1) is 17.2. The minimum atomic E-state index is -3.34. The van der Waals surface area contributed by atoms with Gasteiger partial charge in [0, 0.05) is 24.3 Å². The maximum Gasteiger partial charge on any atom is 0.213 e. The van der Waals surface area contributed by atoms with Gasteiger partial charge in [0.15, 0.2) is 0 Å². The van der Waals surface area contributed by atoms with E-state index < -0.39 is 10.0 Å². The molecule has 0 amide bonds. The van der Waals surface area contributed by atoms with Gasteiger partial charge in [0.1, 0.15) is 10.8 Å². The van der Waals surface area contributed by atoms with Crippen molar-refractivity contribution in [2.75, 3.05) is 19.3 Å². The van der Waals surface area contributed by atoms with E-state index in [-0.39, 0.29) is 17.9 Å². The number of fused-ring (bicyclic) bond motifs is 1. The Morgan fingerprint density at radius 1 is 1.19 bits per heavy atom. The lowest BCUT2D eigenvalue weighted by Gasteiger charge is -2.18. The van der Waals surface area contributed by atoms with Crippen LogP contribution in [0.1, 0.15) is 69.2 Å². The van der Waals surface area contributed by atoms with E-state index in [2.05, 4.69) is 62.0 Å². The number of sulfonamides is 1. The number of hydrogen-bond donors (Lipinski definition) is 2. The monoisotopic (exact) mass is 527 g/mol. The van der Waals surface area contributed by atoms with Crippen molar-refractivity contribution >= 4 is 21.4 Å². The molecule has 0 spiro atoms. The molecule has 2 atom stereocenters. The molecule has 0 aliphatic heterocycles. The smallest absolute Gasteiger partial charge is 0.213 e. The minimum absolute atomic E-state index is 0.0763. The van der Waals surface area contributed by atoms with Crippen LogP contribution in [0.25, 0.3) is 21.0 Å². The Kier molecular flexibility index (Phi) is 8.50. The average molecular weight is 528 g/mol. The molecule has 1 heterocycles. The highest BCUT2D eigenvalue weighted by molar-refractivity contribution is 7.89. The zero-order valence-electron chi connectivity index (χ0n) is 21.8. The van der Waals surface area contributed by atoms with Gasteiger partial charge in [0.05, 0.1) is 16.7 Å². The lowest BCUT2D eigenvalue weighted by molar-refractivity contribution is 0.239. The molecule has 1 aliphatic rings. The van der Waals surface area contributed by atoms with Gasteiger partial charge in [-0.15, -0.1) is 11.3 Å². The topological polar surface area (TPSA) is 80.3 Å². The van der Waals surface area contributed by atoms with Crippen LogP contribution < -0.4 is 14.8 Å². The first-order valence-corrected chi connectivity index (χ1v) is 15.2. The summed E-state index contributed by atoms with van der Waals surface area (Å²) >= 11 is 1.68. The van der Waals surface area contributed by atoms with E-state index in [1.807, 2.05) is 18.3 Å². The molecule has 194 valence electrons. The van der Waals surface area contributed by atoms with Crippen LogP contribution >= 0.6 is 11.3 Å². The van der Waals surface area contributed by atoms with E-state index in [0.29, 0.717) is 12.5 Å². The van der Waals surface area contributed by atoms with Crippen LogP contribution in [0.4, 0.5) is 0 Å². The van der Waals surface area contributed by atoms with Gasteiger partial charge in [-0.3, -0.25) is 0 Å². The van der Waals surface area contributed by atoms with Gasteiger partial charge in [-0.05, 0) is 86.5 Å². The molecule has 0 bridgehead atoms. The molecular formula is C28H37N3O3S2. The van der Waals surface area contributed by atoms with E-state index in [1.54, 1.807) is 18.4 Å². The highest BCUT2D eigenvalue weighted by Crippen LogP contribution is 2.42. The largest absolute Gasteiger partial charge is 0.491 e. The van der Waals surface area contributed by atoms with Crippen molar-refractivity contribution in [3.05, 3.63) is 59.3 Å². The molecule has 36 heavy (non-hydrogen) atoms. The Labute approximate surface area is 219 Å². The van der Waals surface area contributed by atoms with Crippen LogP contribution in [0, 0.1) is 0 Å². The first kappa shape index (κ1) is 26.8. The summed E-state index contributed by atoms with van der Waals surface area (Å²) in [6.45, 7) is 8.97. The molecule has 6 nitrogen and oxygen atoms in total. The van der Waals surface area contributed by atoms with E-state index in [4.69, 9.17) is 9.72 Å². The van der Waals surface area contributed by atoms with E-state index in [1.165, 1.54) is 11.1 Å². The summed E-state index contributed by atoms with van der Waals surface area (Å²) in [5.41, 5.74) is 5.75. The van der Waals surface area contributed by atoms with Crippen LogP contribution in [-0.2, 0) is 16.4 Å². The molecule has 3 aromatic rings. The number of rotatable bonds is 11. The van der Waals surface area contributed by atoms with Crippen molar-refractivity contribution < 1.29 is 13.2 Å². The van der Waals surface area contributed by atoms with Crippen LogP contribution in [-0.4, -0.2) is 38.9 Å². The fraction of sp³-hybridized carbons (Fsp3) is 0.464. The van der Waals surface area contributed by atoms with E-state index in [0.717, 1.165) is 51.6 Å². The van der Waals surface area contributed by atoms with Crippen molar-refractivity contribution in [3.8, 4) is 26.8 Å². The van der Waals surface area contributed by atoms with Crippen LogP contribution in [0.3, 0.4) is 0 Å². The van der Waals surface area contributed by atoms with Gasteiger partial charge in [0.2, 0.25) is 10.0 Å². The van der Waals surface area contributed by atoms with E-state index >= 15 is 0 Å². The Bertz CT molecular complexity index is 1300. The number of hydrogen-bond acceptors (Lipinski definition) is 6. The maximum atomic E-state index is 12.5. The Morgan fingerprint density at radius 2 is 2.00 bits per heavy atom. The summed E-state index contributed by atoms with van der Waals surface area (Å²) in [5, 5.41) is 3.88. The van der Waals surface area contributed by atoms with Crippen LogP contribution in [0.2, 0.25) is 0 Å². The lowest BCUT2D eigenvalue weighted by Crippen LogP contribution is -2.33. The molecular weight excluding hydrogens is 490 g/mol.